The van der Waals surface area contributed by atoms with Crippen LogP contribution in [0.4, 0.5) is 5.69 Å². The lowest BCUT2D eigenvalue weighted by Gasteiger charge is -2.10. The molecule has 1 aromatic heterocycles. The normalized spacial score (nSPS) is 10.6. The van der Waals surface area contributed by atoms with Crippen molar-refractivity contribution in [1.82, 2.24) is 9.78 Å². The number of amides is 1. The minimum absolute atomic E-state index is 0.181. The van der Waals surface area contributed by atoms with E-state index in [0.29, 0.717) is 17.8 Å². The summed E-state index contributed by atoms with van der Waals surface area (Å²) in [7, 11) is 0. The molecule has 0 radical (unpaired) electrons. The molecule has 3 N–H and O–H groups in total. The summed E-state index contributed by atoms with van der Waals surface area (Å²) in [4.78, 5) is 23.0. The van der Waals surface area contributed by atoms with Gasteiger partial charge in [0.15, 0.2) is 0 Å². The Morgan fingerprint density at radius 2 is 2.00 bits per heavy atom. The Morgan fingerprint density at radius 3 is 2.52 bits per heavy atom. The van der Waals surface area contributed by atoms with E-state index in [1.807, 2.05) is 13.8 Å². The van der Waals surface area contributed by atoms with E-state index in [1.54, 1.807) is 30.5 Å². The number of nitrogens with zero attached hydrogens (tertiary/aromatic N) is 2. The standard InChI is InChI=1S/C15H18N4O2/c1-10(2)18-13-7-14(20)19(17-8-13)9-11-3-5-12(6-4-11)15(16)21/h3-8,10,18H,9H2,1-2H3,(H2,16,21). The molecular formula is C15H18N4O2. The summed E-state index contributed by atoms with van der Waals surface area (Å²) in [6, 6.07) is 8.55. The first kappa shape index (κ1) is 14.8. The van der Waals surface area contributed by atoms with Gasteiger partial charge in [0.1, 0.15) is 0 Å². The molecule has 1 heterocycles. The van der Waals surface area contributed by atoms with Gasteiger partial charge < -0.3 is 11.1 Å². The number of hydrogen-bond acceptors (Lipinski definition) is 4. The number of rotatable bonds is 5. The Balaban J connectivity index is 2.16. The predicted molar refractivity (Wildman–Crippen MR) is 81.3 cm³/mol. The van der Waals surface area contributed by atoms with Gasteiger partial charge in [-0.15, -0.1) is 0 Å². The zero-order chi connectivity index (χ0) is 15.4. The van der Waals surface area contributed by atoms with Crippen LogP contribution >= 0.6 is 0 Å². The second-order valence-electron chi connectivity index (χ2n) is 5.10. The van der Waals surface area contributed by atoms with Crippen LogP contribution in [0.25, 0.3) is 0 Å². The Bertz CT molecular complexity index is 690. The van der Waals surface area contributed by atoms with Gasteiger partial charge in [0, 0.05) is 17.7 Å². The van der Waals surface area contributed by atoms with Gasteiger partial charge in [0.25, 0.3) is 5.56 Å². The van der Waals surface area contributed by atoms with Crippen LogP contribution < -0.4 is 16.6 Å². The third kappa shape index (κ3) is 3.92. The van der Waals surface area contributed by atoms with Crippen molar-refractivity contribution in [3.8, 4) is 0 Å². The molecule has 0 atom stereocenters. The maximum atomic E-state index is 12.0. The molecule has 0 aliphatic rings. The van der Waals surface area contributed by atoms with Gasteiger partial charge in [-0.25, -0.2) is 4.68 Å². The first-order chi connectivity index (χ1) is 9.95. The van der Waals surface area contributed by atoms with Crippen LogP contribution in [0.15, 0.2) is 41.3 Å². The van der Waals surface area contributed by atoms with Gasteiger partial charge in [-0.05, 0) is 31.5 Å². The van der Waals surface area contributed by atoms with E-state index >= 15 is 0 Å². The van der Waals surface area contributed by atoms with E-state index in [1.165, 1.54) is 10.7 Å². The quantitative estimate of drug-likeness (QED) is 0.864. The van der Waals surface area contributed by atoms with E-state index < -0.39 is 5.91 Å². The van der Waals surface area contributed by atoms with E-state index in [-0.39, 0.29) is 11.6 Å². The fraction of sp³-hybridized carbons (Fsp3) is 0.267. The molecule has 110 valence electrons. The van der Waals surface area contributed by atoms with Crippen LogP contribution in [0.3, 0.4) is 0 Å². The highest BCUT2D eigenvalue weighted by Gasteiger charge is 2.04. The SMILES string of the molecule is CC(C)Nc1cnn(Cc2ccc(C(N)=O)cc2)c(=O)c1. The predicted octanol–water partition coefficient (Wildman–Crippen LogP) is 1.21. The fourth-order valence-corrected chi connectivity index (χ4v) is 1.91. The summed E-state index contributed by atoms with van der Waals surface area (Å²) >= 11 is 0. The van der Waals surface area contributed by atoms with E-state index in [4.69, 9.17) is 5.73 Å². The summed E-state index contributed by atoms with van der Waals surface area (Å²) in [5.41, 5.74) is 7.02. The maximum absolute atomic E-state index is 12.0. The number of primary amides is 1. The van der Waals surface area contributed by atoms with Gasteiger partial charge >= 0.3 is 0 Å². The van der Waals surface area contributed by atoms with Gasteiger partial charge in [-0.3, -0.25) is 9.59 Å². The molecule has 0 aliphatic heterocycles. The zero-order valence-electron chi connectivity index (χ0n) is 12.0. The fourth-order valence-electron chi connectivity index (χ4n) is 1.91. The number of anilines is 1. The Morgan fingerprint density at radius 1 is 1.33 bits per heavy atom. The summed E-state index contributed by atoms with van der Waals surface area (Å²) in [5, 5.41) is 7.26. The number of aromatic nitrogens is 2. The topological polar surface area (TPSA) is 90.0 Å². The first-order valence-electron chi connectivity index (χ1n) is 6.68. The minimum Gasteiger partial charge on any atom is -0.381 e. The summed E-state index contributed by atoms with van der Waals surface area (Å²) in [5.74, 6) is -0.471. The summed E-state index contributed by atoms with van der Waals surface area (Å²) in [6.07, 6.45) is 1.62. The molecule has 2 aromatic rings. The van der Waals surface area contributed by atoms with Crippen molar-refractivity contribution in [3.63, 3.8) is 0 Å². The van der Waals surface area contributed by atoms with Crippen molar-refractivity contribution in [2.45, 2.75) is 26.4 Å². The Kier molecular flexibility index (Phi) is 4.37. The smallest absolute Gasteiger partial charge is 0.269 e. The number of nitrogens with one attached hydrogen (secondary N) is 1. The highest BCUT2D eigenvalue weighted by Crippen LogP contribution is 2.06. The lowest BCUT2D eigenvalue weighted by molar-refractivity contribution is 0.100. The summed E-state index contributed by atoms with van der Waals surface area (Å²) in [6.45, 7) is 4.33. The van der Waals surface area contributed by atoms with Crippen molar-refractivity contribution in [2.75, 3.05) is 5.32 Å². The average Bonchev–Trinajstić information content (AvgIpc) is 2.42. The molecule has 0 saturated carbocycles. The van der Waals surface area contributed by atoms with Crippen molar-refractivity contribution in [1.29, 1.82) is 0 Å². The van der Waals surface area contributed by atoms with E-state index in [9.17, 15) is 9.59 Å². The molecule has 0 aliphatic carbocycles. The van der Waals surface area contributed by atoms with Gasteiger partial charge in [0.2, 0.25) is 5.91 Å². The van der Waals surface area contributed by atoms with Crippen LogP contribution in [0.1, 0.15) is 29.8 Å². The van der Waals surface area contributed by atoms with E-state index in [2.05, 4.69) is 10.4 Å². The zero-order valence-corrected chi connectivity index (χ0v) is 12.0. The largest absolute Gasteiger partial charge is 0.381 e. The average molecular weight is 286 g/mol. The van der Waals surface area contributed by atoms with Crippen molar-refractivity contribution in [2.24, 2.45) is 5.73 Å². The Labute approximate surface area is 122 Å². The molecule has 0 spiro atoms. The van der Waals surface area contributed by atoms with Crippen LogP contribution in [0.2, 0.25) is 0 Å². The molecule has 6 heteroatoms. The lowest BCUT2D eigenvalue weighted by atomic mass is 10.1. The van der Waals surface area contributed by atoms with Crippen LogP contribution in [-0.4, -0.2) is 21.7 Å². The minimum atomic E-state index is -0.471. The molecule has 1 aromatic carbocycles. The molecule has 0 fully saturated rings. The highest BCUT2D eigenvalue weighted by atomic mass is 16.1. The third-order valence-electron chi connectivity index (χ3n) is 2.90. The molecule has 21 heavy (non-hydrogen) atoms. The number of benzene rings is 1. The third-order valence-corrected chi connectivity index (χ3v) is 2.90. The molecular weight excluding hydrogens is 268 g/mol. The second kappa shape index (κ2) is 6.21. The van der Waals surface area contributed by atoms with Crippen LogP contribution in [0, 0.1) is 0 Å². The monoisotopic (exact) mass is 286 g/mol. The van der Waals surface area contributed by atoms with Crippen molar-refractivity contribution < 1.29 is 4.79 Å². The van der Waals surface area contributed by atoms with Gasteiger partial charge in [-0.2, -0.15) is 5.10 Å². The van der Waals surface area contributed by atoms with Gasteiger partial charge in [0.05, 0.1) is 18.4 Å². The molecule has 0 bridgehead atoms. The lowest BCUT2D eigenvalue weighted by Crippen LogP contribution is -2.24. The molecule has 0 unspecified atom stereocenters. The molecule has 0 saturated heterocycles. The second-order valence-corrected chi connectivity index (χ2v) is 5.10. The summed E-state index contributed by atoms with van der Waals surface area (Å²) < 4.78 is 1.37. The number of carbonyl (C=O) groups excluding carboxylic acids is 1. The van der Waals surface area contributed by atoms with Gasteiger partial charge in [-0.1, -0.05) is 12.1 Å². The molecule has 6 nitrogen and oxygen atoms in total. The molecule has 2 rings (SSSR count). The highest BCUT2D eigenvalue weighted by molar-refractivity contribution is 5.92. The van der Waals surface area contributed by atoms with Crippen molar-refractivity contribution >= 4 is 11.6 Å². The number of hydrogen-bond donors (Lipinski definition) is 2. The van der Waals surface area contributed by atoms with Crippen molar-refractivity contribution in [3.05, 3.63) is 58.0 Å². The van der Waals surface area contributed by atoms with E-state index in [0.717, 1.165) is 5.56 Å². The first-order valence-corrected chi connectivity index (χ1v) is 6.68. The number of carbonyl (C=O) groups is 1. The molecule has 1 amide bonds. The number of nitrogens with two attached hydrogens (primary N) is 1. The van der Waals surface area contributed by atoms with Crippen LogP contribution in [-0.2, 0) is 6.54 Å². The Hall–Kier alpha value is -2.63. The van der Waals surface area contributed by atoms with Crippen LogP contribution in [0.5, 0.6) is 0 Å². The maximum Gasteiger partial charge on any atom is 0.269 e.